The molecule has 466 valence electrons. The van der Waals surface area contributed by atoms with Gasteiger partial charge in [-0.3, -0.25) is 14.4 Å². The fraction of sp³-hybridized carbons (Fsp3) is 0.747. The van der Waals surface area contributed by atoms with E-state index in [4.69, 9.17) is 14.2 Å². The molecule has 0 aliphatic rings. The Labute approximate surface area is 502 Å². The van der Waals surface area contributed by atoms with Gasteiger partial charge in [-0.25, -0.2) is 0 Å². The van der Waals surface area contributed by atoms with E-state index < -0.39 is 6.10 Å². The van der Waals surface area contributed by atoms with Crippen molar-refractivity contribution in [2.45, 2.75) is 348 Å². The van der Waals surface area contributed by atoms with Crippen LogP contribution in [0.15, 0.2) is 97.2 Å². The highest BCUT2D eigenvalue weighted by Gasteiger charge is 2.19. The molecule has 0 bridgehead atoms. The summed E-state index contributed by atoms with van der Waals surface area (Å²) in [6.45, 7) is 6.55. The van der Waals surface area contributed by atoms with Crippen LogP contribution in [0.3, 0.4) is 0 Å². The number of carbonyl (C=O) groups excluding carboxylic acids is 3. The van der Waals surface area contributed by atoms with Gasteiger partial charge >= 0.3 is 17.9 Å². The first-order valence-corrected chi connectivity index (χ1v) is 34.7. The predicted molar refractivity (Wildman–Crippen MR) is 353 cm³/mol. The third-order valence-corrected chi connectivity index (χ3v) is 15.1. The van der Waals surface area contributed by atoms with E-state index in [0.717, 1.165) is 122 Å². The van der Waals surface area contributed by atoms with Gasteiger partial charge in [0.05, 0.1) is 0 Å². The van der Waals surface area contributed by atoms with E-state index in [9.17, 15) is 14.4 Å². The summed E-state index contributed by atoms with van der Waals surface area (Å²) < 4.78 is 17.0. The van der Waals surface area contributed by atoms with E-state index in [0.29, 0.717) is 19.3 Å². The van der Waals surface area contributed by atoms with Gasteiger partial charge < -0.3 is 14.2 Å². The van der Waals surface area contributed by atoms with Crippen LogP contribution in [0.1, 0.15) is 342 Å². The van der Waals surface area contributed by atoms with Crippen molar-refractivity contribution in [1.29, 1.82) is 0 Å². The minimum Gasteiger partial charge on any atom is -0.462 e. The maximum absolute atomic E-state index is 13.0. The number of carbonyl (C=O) groups is 3. The van der Waals surface area contributed by atoms with Crippen LogP contribution >= 0.6 is 0 Å². The SMILES string of the molecule is CC/C=C\C/C=C\C/C=C\C/C=C\C/C=C\C/C=C\C/C=C\CCCCCCCC(=O)OCC(COC(=O)CCCCCCCCCCCCCCCCCCC)OC(=O)CCCCCCCCCCC/C=C\CCCCCCCC. The normalized spacial score (nSPS) is 12.7. The lowest BCUT2D eigenvalue weighted by atomic mass is 10.0. The van der Waals surface area contributed by atoms with E-state index in [1.807, 2.05) is 0 Å². The largest absolute Gasteiger partial charge is 0.462 e. The first-order chi connectivity index (χ1) is 40.0. The number of unbranched alkanes of at least 4 members (excludes halogenated alkanes) is 36. The molecule has 0 amide bonds. The highest BCUT2D eigenvalue weighted by molar-refractivity contribution is 5.71. The first-order valence-electron chi connectivity index (χ1n) is 34.7. The van der Waals surface area contributed by atoms with Gasteiger partial charge in [-0.1, -0.05) is 317 Å². The van der Waals surface area contributed by atoms with Crippen molar-refractivity contribution in [3.63, 3.8) is 0 Å². The third kappa shape index (κ3) is 67.0. The second-order valence-corrected chi connectivity index (χ2v) is 23.1. The number of esters is 3. The van der Waals surface area contributed by atoms with Gasteiger partial charge in [-0.15, -0.1) is 0 Å². The quantitative estimate of drug-likeness (QED) is 0.0261. The zero-order chi connectivity index (χ0) is 58.5. The molecule has 0 rings (SSSR count). The molecule has 0 aromatic heterocycles. The second-order valence-electron chi connectivity index (χ2n) is 23.1. The summed E-state index contributed by atoms with van der Waals surface area (Å²) in [5.74, 6) is -0.886. The number of ether oxygens (including phenoxy) is 3. The molecular weight excluding hydrogens is 997 g/mol. The maximum atomic E-state index is 13.0. The van der Waals surface area contributed by atoms with Crippen molar-refractivity contribution < 1.29 is 28.6 Å². The van der Waals surface area contributed by atoms with Gasteiger partial charge in [0, 0.05) is 19.3 Å². The van der Waals surface area contributed by atoms with Crippen molar-refractivity contribution in [1.82, 2.24) is 0 Å². The summed E-state index contributed by atoms with van der Waals surface area (Å²) in [4.78, 5) is 38.5. The van der Waals surface area contributed by atoms with Crippen molar-refractivity contribution in [3.05, 3.63) is 97.2 Å². The van der Waals surface area contributed by atoms with E-state index in [2.05, 4.69) is 118 Å². The van der Waals surface area contributed by atoms with Crippen LogP contribution in [-0.4, -0.2) is 37.2 Å². The van der Waals surface area contributed by atoms with Gasteiger partial charge in [0.1, 0.15) is 13.2 Å². The summed E-state index contributed by atoms with van der Waals surface area (Å²) in [7, 11) is 0. The summed E-state index contributed by atoms with van der Waals surface area (Å²) >= 11 is 0. The topological polar surface area (TPSA) is 78.9 Å². The molecule has 0 heterocycles. The molecule has 6 nitrogen and oxygen atoms in total. The Balaban J connectivity index is 4.39. The summed E-state index contributed by atoms with van der Waals surface area (Å²) in [5.41, 5.74) is 0. The Kier molecular flexibility index (Phi) is 65.7. The number of rotatable bonds is 63. The zero-order valence-corrected chi connectivity index (χ0v) is 53.5. The highest BCUT2D eigenvalue weighted by atomic mass is 16.6. The molecule has 0 radical (unpaired) electrons. The second kappa shape index (κ2) is 68.8. The standard InChI is InChI=1S/C75H130O6/c1-4-7-10-13-16-19-22-25-28-31-33-34-35-36-37-38-39-40-42-44-47-50-53-56-59-62-65-68-74(77)80-71-72(70-79-73(76)67-64-61-58-55-52-49-46-43-30-27-24-21-18-15-12-9-6-3)81-75(78)69-66-63-60-57-54-51-48-45-41-32-29-26-23-20-17-14-11-8-5-2/h7,10,16,19,25-26,28-29,33-34,36-37,39-40,44,47,72H,4-6,8-9,11-15,17-18,20-24,27,30-32,35,38,41-43,45-46,48-71H2,1-3H3/b10-7-,19-16-,28-25-,29-26-,34-33-,37-36-,40-39-,47-44-. The Morgan fingerprint density at radius 1 is 0.259 bits per heavy atom. The molecule has 1 atom stereocenters. The molecule has 1 unspecified atom stereocenters. The lowest BCUT2D eigenvalue weighted by Gasteiger charge is -2.18. The molecule has 0 aromatic carbocycles. The van der Waals surface area contributed by atoms with Gasteiger partial charge in [0.25, 0.3) is 0 Å². The molecule has 0 saturated carbocycles. The number of hydrogen-bond donors (Lipinski definition) is 0. The third-order valence-electron chi connectivity index (χ3n) is 15.1. The lowest BCUT2D eigenvalue weighted by Crippen LogP contribution is -2.30. The minimum atomic E-state index is -0.788. The van der Waals surface area contributed by atoms with E-state index >= 15 is 0 Å². The molecule has 0 fully saturated rings. The average molecular weight is 1130 g/mol. The molecule has 0 aliphatic carbocycles. The van der Waals surface area contributed by atoms with Crippen molar-refractivity contribution in [3.8, 4) is 0 Å². The van der Waals surface area contributed by atoms with Crippen LogP contribution in [0, 0.1) is 0 Å². The molecule has 81 heavy (non-hydrogen) atoms. The number of allylic oxidation sites excluding steroid dienone is 16. The molecule has 0 aromatic rings. The molecular formula is C75H130O6. The van der Waals surface area contributed by atoms with E-state index in [1.165, 1.54) is 180 Å². The van der Waals surface area contributed by atoms with Crippen LogP contribution < -0.4 is 0 Å². The van der Waals surface area contributed by atoms with Crippen LogP contribution in [0.5, 0.6) is 0 Å². The van der Waals surface area contributed by atoms with Gasteiger partial charge in [-0.2, -0.15) is 0 Å². The summed E-state index contributed by atoms with van der Waals surface area (Å²) in [6, 6.07) is 0. The van der Waals surface area contributed by atoms with E-state index in [1.54, 1.807) is 0 Å². The van der Waals surface area contributed by atoms with Crippen LogP contribution in [0.4, 0.5) is 0 Å². The molecule has 6 heteroatoms. The molecule has 0 N–H and O–H groups in total. The minimum absolute atomic E-state index is 0.0812. The highest BCUT2D eigenvalue weighted by Crippen LogP contribution is 2.17. The van der Waals surface area contributed by atoms with Gasteiger partial charge in [-0.05, 0) is 103 Å². The molecule has 0 aliphatic heterocycles. The summed E-state index contributed by atoms with van der Waals surface area (Å²) in [5, 5.41) is 0. The van der Waals surface area contributed by atoms with Gasteiger partial charge in [0.15, 0.2) is 6.10 Å². The van der Waals surface area contributed by atoms with Crippen LogP contribution in [0.25, 0.3) is 0 Å². The average Bonchev–Trinajstić information content (AvgIpc) is 3.47. The van der Waals surface area contributed by atoms with Crippen LogP contribution in [-0.2, 0) is 28.6 Å². The lowest BCUT2D eigenvalue weighted by molar-refractivity contribution is -0.167. The van der Waals surface area contributed by atoms with Crippen molar-refractivity contribution in [2.75, 3.05) is 13.2 Å². The predicted octanol–water partition coefficient (Wildman–Crippen LogP) is 24.0. The van der Waals surface area contributed by atoms with Gasteiger partial charge in [0.2, 0.25) is 0 Å². The molecule has 0 saturated heterocycles. The Bertz CT molecular complexity index is 1580. The number of hydrogen-bond acceptors (Lipinski definition) is 6. The van der Waals surface area contributed by atoms with E-state index in [-0.39, 0.29) is 31.1 Å². The Hall–Kier alpha value is -3.67. The van der Waals surface area contributed by atoms with Crippen molar-refractivity contribution in [2.24, 2.45) is 0 Å². The van der Waals surface area contributed by atoms with Crippen LogP contribution in [0.2, 0.25) is 0 Å². The van der Waals surface area contributed by atoms with Crippen molar-refractivity contribution >= 4 is 17.9 Å². The fourth-order valence-electron chi connectivity index (χ4n) is 9.89. The fourth-order valence-corrected chi connectivity index (χ4v) is 9.89. The summed E-state index contributed by atoms with van der Waals surface area (Å²) in [6.07, 6.45) is 92.7. The molecule has 0 spiro atoms. The Morgan fingerprint density at radius 3 is 0.765 bits per heavy atom. The first kappa shape index (κ1) is 77.3. The smallest absolute Gasteiger partial charge is 0.306 e. The monoisotopic (exact) mass is 1130 g/mol. The zero-order valence-electron chi connectivity index (χ0n) is 53.5. The Morgan fingerprint density at radius 2 is 0.481 bits per heavy atom. The maximum Gasteiger partial charge on any atom is 0.306 e.